The van der Waals surface area contributed by atoms with Gasteiger partial charge in [-0.25, -0.2) is 0 Å². The number of nitrogens with zero attached hydrogens (tertiary/aromatic N) is 1. The maximum atomic E-state index is 12.0. The van der Waals surface area contributed by atoms with Crippen LogP contribution in [0.4, 0.5) is 0 Å². The quantitative estimate of drug-likeness (QED) is 0.205. The Balaban J connectivity index is 3.21. The van der Waals surface area contributed by atoms with Crippen molar-refractivity contribution >= 4 is 12.1 Å². The first kappa shape index (κ1) is 26.3. The van der Waals surface area contributed by atoms with Gasteiger partial charge in [-0.3, -0.25) is 4.79 Å². The molecule has 0 N–H and O–H groups in total. The van der Waals surface area contributed by atoms with Crippen molar-refractivity contribution in [3.05, 3.63) is 35.4 Å². The van der Waals surface area contributed by atoms with Gasteiger partial charge in [-0.1, -0.05) is 78.4 Å². The van der Waals surface area contributed by atoms with Gasteiger partial charge >= 0.3 is 0 Å². The minimum atomic E-state index is 0.153. The van der Waals surface area contributed by atoms with Crippen LogP contribution in [0, 0.1) is 5.92 Å². The zero-order valence-corrected chi connectivity index (χ0v) is 20.4. The fourth-order valence-electron chi connectivity index (χ4n) is 3.97. The van der Waals surface area contributed by atoms with Crippen LogP contribution < -0.4 is 4.74 Å². The molecule has 0 bridgehead atoms. The number of carbonyl (C=O) groups excluding carboxylic acids is 1. The Morgan fingerprint density at radius 2 is 1.83 bits per heavy atom. The zero-order chi connectivity index (χ0) is 22.4. The van der Waals surface area contributed by atoms with Crippen molar-refractivity contribution in [3.63, 3.8) is 0 Å². The molecule has 0 aliphatic heterocycles. The lowest BCUT2D eigenvalue weighted by molar-refractivity contribution is -0.116. The van der Waals surface area contributed by atoms with Gasteiger partial charge in [0, 0.05) is 11.6 Å². The summed E-state index contributed by atoms with van der Waals surface area (Å²) in [5.74, 6) is 1.58. The number of unbranched alkanes of at least 4 members (excludes halogenated alkanes) is 3. The standard InChI is InChI=1S/C27H45NO2/c1-7-12-13-14-16-23(10-4)19-24-17-18-27(30-11-5)25(20-24)26(15-8-2)28(21-29)22(6)9-3/h15,17-18,20-23H,7-14,16,19H2,1-6H3/b26-15+. The van der Waals surface area contributed by atoms with E-state index in [0.717, 1.165) is 42.7 Å². The first-order valence-electron chi connectivity index (χ1n) is 12.3. The molecule has 0 aliphatic rings. The van der Waals surface area contributed by atoms with Crippen molar-refractivity contribution in [1.29, 1.82) is 0 Å². The lowest BCUT2D eigenvalue weighted by Crippen LogP contribution is -2.30. The highest BCUT2D eigenvalue weighted by molar-refractivity contribution is 5.78. The summed E-state index contributed by atoms with van der Waals surface area (Å²) >= 11 is 0. The average Bonchev–Trinajstić information content (AvgIpc) is 2.76. The van der Waals surface area contributed by atoms with Crippen molar-refractivity contribution in [2.75, 3.05) is 6.61 Å². The molecule has 3 heteroatoms. The fourth-order valence-corrected chi connectivity index (χ4v) is 3.97. The van der Waals surface area contributed by atoms with Crippen LogP contribution in [-0.4, -0.2) is 24.0 Å². The van der Waals surface area contributed by atoms with E-state index >= 15 is 0 Å². The van der Waals surface area contributed by atoms with Crippen LogP contribution in [0.5, 0.6) is 5.75 Å². The molecule has 2 atom stereocenters. The van der Waals surface area contributed by atoms with E-state index in [1.807, 2.05) is 11.8 Å². The Morgan fingerprint density at radius 3 is 2.40 bits per heavy atom. The topological polar surface area (TPSA) is 29.5 Å². The molecular formula is C27H45NO2. The van der Waals surface area contributed by atoms with E-state index in [2.05, 4.69) is 58.9 Å². The molecule has 0 aliphatic carbocycles. The highest BCUT2D eigenvalue weighted by atomic mass is 16.5. The maximum Gasteiger partial charge on any atom is 0.214 e. The second kappa shape index (κ2) is 15.1. The molecule has 1 aromatic rings. The minimum Gasteiger partial charge on any atom is -0.493 e. The van der Waals surface area contributed by atoms with Gasteiger partial charge in [0.25, 0.3) is 0 Å². The molecule has 0 spiro atoms. The Hall–Kier alpha value is -1.77. The van der Waals surface area contributed by atoms with Crippen molar-refractivity contribution in [1.82, 2.24) is 4.90 Å². The molecule has 0 saturated heterocycles. The summed E-state index contributed by atoms with van der Waals surface area (Å²) < 4.78 is 5.97. The first-order valence-corrected chi connectivity index (χ1v) is 12.3. The third-order valence-corrected chi connectivity index (χ3v) is 6.04. The molecule has 3 nitrogen and oxygen atoms in total. The maximum absolute atomic E-state index is 12.0. The smallest absolute Gasteiger partial charge is 0.214 e. The van der Waals surface area contributed by atoms with Crippen LogP contribution >= 0.6 is 0 Å². The fraction of sp³-hybridized carbons (Fsp3) is 0.667. The monoisotopic (exact) mass is 415 g/mol. The van der Waals surface area contributed by atoms with E-state index < -0.39 is 0 Å². The van der Waals surface area contributed by atoms with E-state index in [1.165, 1.54) is 44.1 Å². The van der Waals surface area contributed by atoms with Crippen molar-refractivity contribution in [2.45, 2.75) is 105 Å². The number of allylic oxidation sites excluding steroid dienone is 1. The highest BCUT2D eigenvalue weighted by Gasteiger charge is 2.20. The van der Waals surface area contributed by atoms with Gasteiger partial charge in [-0.15, -0.1) is 0 Å². The van der Waals surface area contributed by atoms with Gasteiger partial charge in [-0.2, -0.15) is 0 Å². The van der Waals surface area contributed by atoms with E-state index in [1.54, 1.807) is 0 Å². The average molecular weight is 416 g/mol. The van der Waals surface area contributed by atoms with Crippen LogP contribution in [0.15, 0.2) is 24.3 Å². The largest absolute Gasteiger partial charge is 0.493 e. The Kier molecular flexibility index (Phi) is 13.2. The normalized spacial score (nSPS) is 13.7. The van der Waals surface area contributed by atoms with Crippen molar-refractivity contribution < 1.29 is 9.53 Å². The van der Waals surface area contributed by atoms with E-state index in [-0.39, 0.29) is 6.04 Å². The summed E-state index contributed by atoms with van der Waals surface area (Å²) in [5, 5.41) is 0. The summed E-state index contributed by atoms with van der Waals surface area (Å²) in [6.07, 6.45) is 13.8. The molecule has 1 amide bonds. The minimum absolute atomic E-state index is 0.153. The lowest BCUT2D eigenvalue weighted by Gasteiger charge is -2.29. The number of carbonyl (C=O) groups is 1. The Bertz CT molecular complexity index is 638. The van der Waals surface area contributed by atoms with Gasteiger partial charge in [0.2, 0.25) is 6.41 Å². The first-order chi connectivity index (χ1) is 14.6. The number of ether oxygens (including phenoxy) is 1. The molecule has 1 aromatic carbocycles. The predicted molar refractivity (Wildman–Crippen MR) is 130 cm³/mol. The second-order valence-electron chi connectivity index (χ2n) is 8.36. The lowest BCUT2D eigenvalue weighted by atomic mass is 9.90. The molecule has 0 radical (unpaired) electrons. The van der Waals surface area contributed by atoms with Gasteiger partial charge in [0.15, 0.2) is 0 Å². The summed E-state index contributed by atoms with van der Waals surface area (Å²) in [5.41, 5.74) is 3.36. The molecular weight excluding hydrogens is 370 g/mol. The van der Waals surface area contributed by atoms with Crippen LogP contribution in [0.25, 0.3) is 5.70 Å². The highest BCUT2D eigenvalue weighted by Crippen LogP contribution is 2.33. The molecule has 2 unspecified atom stereocenters. The third-order valence-electron chi connectivity index (χ3n) is 6.04. The number of benzene rings is 1. The molecule has 0 fully saturated rings. The molecule has 170 valence electrons. The number of amides is 1. The molecule has 0 saturated carbocycles. The van der Waals surface area contributed by atoms with Crippen molar-refractivity contribution in [3.8, 4) is 5.75 Å². The van der Waals surface area contributed by atoms with Crippen LogP contribution in [0.3, 0.4) is 0 Å². The molecule has 1 rings (SSSR count). The molecule has 0 aromatic heterocycles. The van der Waals surface area contributed by atoms with E-state index in [9.17, 15) is 4.79 Å². The number of rotatable bonds is 16. The Labute approximate surface area is 185 Å². The SMILES string of the molecule is CC/C=C(\c1cc(CC(CC)CCCCCC)ccc1OCC)N(C=O)C(C)CC. The number of hydrogen-bond acceptors (Lipinski definition) is 2. The van der Waals surface area contributed by atoms with Crippen molar-refractivity contribution in [2.24, 2.45) is 5.92 Å². The summed E-state index contributed by atoms with van der Waals surface area (Å²) in [7, 11) is 0. The summed E-state index contributed by atoms with van der Waals surface area (Å²) in [6, 6.07) is 6.72. The van der Waals surface area contributed by atoms with Crippen LogP contribution in [0.2, 0.25) is 0 Å². The van der Waals surface area contributed by atoms with Gasteiger partial charge in [-0.05, 0) is 56.7 Å². The van der Waals surface area contributed by atoms with Crippen LogP contribution in [-0.2, 0) is 11.2 Å². The molecule has 30 heavy (non-hydrogen) atoms. The van der Waals surface area contributed by atoms with Gasteiger partial charge in [0.1, 0.15) is 5.75 Å². The molecule has 0 heterocycles. The number of hydrogen-bond donors (Lipinski definition) is 0. The second-order valence-corrected chi connectivity index (χ2v) is 8.36. The summed E-state index contributed by atoms with van der Waals surface area (Å²) in [6.45, 7) is 13.5. The van der Waals surface area contributed by atoms with E-state index in [0.29, 0.717) is 12.5 Å². The predicted octanol–water partition coefficient (Wildman–Crippen LogP) is 7.63. The summed E-state index contributed by atoms with van der Waals surface area (Å²) in [4.78, 5) is 13.9. The third kappa shape index (κ3) is 8.16. The van der Waals surface area contributed by atoms with Crippen LogP contribution in [0.1, 0.15) is 104 Å². The zero-order valence-electron chi connectivity index (χ0n) is 20.4. The van der Waals surface area contributed by atoms with Gasteiger partial charge in [0.05, 0.1) is 12.3 Å². The Morgan fingerprint density at radius 1 is 1.07 bits per heavy atom. The van der Waals surface area contributed by atoms with E-state index in [4.69, 9.17) is 4.74 Å². The van der Waals surface area contributed by atoms with Gasteiger partial charge < -0.3 is 9.64 Å².